The van der Waals surface area contributed by atoms with Gasteiger partial charge in [0.25, 0.3) is 5.91 Å². The second-order valence-corrected chi connectivity index (χ2v) is 5.53. The van der Waals surface area contributed by atoms with Crippen molar-refractivity contribution in [2.75, 3.05) is 5.32 Å². The molecule has 1 heterocycles. The smallest absolute Gasteiger partial charge is 0.287 e. The van der Waals surface area contributed by atoms with E-state index in [1.807, 2.05) is 49.4 Å². The molecule has 122 valence electrons. The topological polar surface area (TPSA) is 92.9 Å². The first-order chi connectivity index (χ1) is 11.6. The van der Waals surface area contributed by atoms with Gasteiger partial charge in [-0.25, -0.2) is 15.8 Å². The lowest BCUT2D eigenvalue weighted by Gasteiger charge is -2.11. The molecule has 0 aromatic carbocycles. The van der Waals surface area contributed by atoms with Crippen molar-refractivity contribution in [3.63, 3.8) is 0 Å². The molecule has 0 radical (unpaired) electrons. The van der Waals surface area contributed by atoms with E-state index in [4.69, 9.17) is 17.4 Å². The summed E-state index contributed by atoms with van der Waals surface area (Å²) in [5, 5.41) is 3.37. The number of nitrogens with zero attached hydrogens (tertiary/aromatic N) is 2. The molecule has 7 heteroatoms. The molecule has 0 fully saturated rings. The van der Waals surface area contributed by atoms with Crippen LogP contribution in [0.25, 0.3) is 11.1 Å². The van der Waals surface area contributed by atoms with Crippen LogP contribution in [0.4, 0.5) is 11.5 Å². The highest BCUT2D eigenvalue weighted by Gasteiger charge is 2.18. The maximum absolute atomic E-state index is 12.0. The van der Waals surface area contributed by atoms with Gasteiger partial charge in [0.2, 0.25) is 0 Å². The molecule has 2 aliphatic carbocycles. The number of amides is 1. The SMILES string of the molecule is CCc1nc(C(=O)NN)c(Nc2cc3cccccc-3c2)nc1Cl. The molecular weight excluding hydrogens is 326 g/mol. The van der Waals surface area contributed by atoms with E-state index in [-0.39, 0.29) is 16.7 Å². The average molecular weight is 342 g/mol. The minimum Gasteiger partial charge on any atom is -0.338 e. The third kappa shape index (κ3) is 3.15. The van der Waals surface area contributed by atoms with Crippen molar-refractivity contribution in [1.29, 1.82) is 0 Å². The molecule has 0 saturated heterocycles. The quantitative estimate of drug-likeness (QED) is 0.385. The number of rotatable bonds is 4. The summed E-state index contributed by atoms with van der Waals surface area (Å²) in [6.45, 7) is 1.89. The molecule has 4 N–H and O–H groups in total. The zero-order valence-corrected chi connectivity index (χ0v) is 13.8. The Morgan fingerprint density at radius 2 is 1.83 bits per heavy atom. The van der Waals surface area contributed by atoms with Gasteiger partial charge in [-0.15, -0.1) is 0 Å². The average Bonchev–Trinajstić information content (AvgIpc) is 2.82. The van der Waals surface area contributed by atoms with Gasteiger partial charge in [-0.1, -0.05) is 48.9 Å². The van der Waals surface area contributed by atoms with Gasteiger partial charge in [0, 0.05) is 5.69 Å². The number of nitrogens with two attached hydrogens (primary N) is 1. The highest BCUT2D eigenvalue weighted by atomic mass is 35.5. The predicted molar refractivity (Wildman–Crippen MR) is 94.4 cm³/mol. The van der Waals surface area contributed by atoms with Crippen LogP contribution in [-0.4, -0.2) is 15.9 Å². The lowest BCUT2D eigenvalue weighted by Crippen LogP contribution is -2.32. The third-order valence-corrected chi connectivity index (χ3v) is 3.89. The van der Waals surface area contributed by atoms with Gasteiger partial charge in [-0.2, -0.15) is 0 Å². The van der Waals surface area contributed by atoms with Gasteiger partial charge in [0.1, 0.15) is 0 Å². The number of aromatic nitrogens is 2. The lowest BCUT2D eigenvalue weighted by atomic mass is 10.2. The number of anilines is 2. The molecule has 0 spiro atoms. The molecule has 0 saturated carbocycles. The number of aryl methyl sites for hydroxylation is 1. The van der Waals surface area contributed by atoms with Crippen LogP contribution in [0, 0.1) is 0 Å². The first-order valence-electron chi connectivity index (χ1n) is 7.45. The molecule has 2 aliphatic rings. The molecule has 6 nitrogen and oxygen atoms in total. The summed E-state index contributed by atoms with van der Waals surface area (Å²) >= 11 is 6.14. The molecule has 1 amide bonds. The Morgan fingerprint density at radius 1 is 1.17 bits per heavy atom. The normalized spacial score (nSPS) is 10.6. The van der Waals surface area contributed by atoms with Gasteiger partial charge in [-0.3, -0.25) is 10.2 Å². The fourth-order valence-corrected chi connectivity index (χ4v) is 2.67. The van der Waals surface area contributed by atoms with Gasteiger partial charge >= 0.3 is 0 Å². The van der Waals surface area contributed by atoms with E-state index >= 15 is 0 Å². The van der Waals surface area contributed by atoms with Crippen LogP contribution in [0.5, 0.6) is 0 Å². The maximum Gasteiger partial charge on any atom is 0.287 e. The van der Waals surface area contributed by atoms with Gasteiger partial charge < -0.3 is 5.32 Å². The summed E-state index contributed by atoms with van der Waals surface area (Å²) in [7, 11) is 0. The molecule has 0 atom stereocenters. The number of halogens is 1. The summed E-state index contributed by atoms with van der Waals surface area (Å²) in [4.78, 5) is 20.5. The number of carbonyl (C=O) groups is 1. The van der Waals surface area contributed by atoms with Crippen LogP contribution in [-0.2, 0) is 6.42 Å². The molecule has 24 heavy (non-hydrogen) atoms. The Kier molecular flexibility index (Phi) is 4.59. The third-order valence-electron chi connectivity index (χ3n) is 3.59. The number of nitrogen functional groups attached to an aromatic ring is 1. The molecule has 0 unspecified atom stereocenters. The van der Waals surface area contributed by atoms with Crippen molar-refractivity contribution >= 4 is 29.0 Å². The molecular formula is C17H16ClN5O. The highest BCUT2D eigenvalue weighted by Crippen LogP contribution is 2.31. The number of fused-ring (bicyclic) bond motifs is 1. The van der Waals surface area contributed by atoms with E-state index in [1.165, 1.54) is 0 Å². The summed E-state index contributed by atoms with van der Waals surface area (Å²) in [6, 6.07) is 13.8. The van der Waals surface area contributed by atoms with E-state index in [1.54, 1.807) is 0 Å². The minimum absolute atomic E-state index is 0.106. The van der Waals surface area contributed by atoms with Crippen LogP contribution in [0.1, 0.15) is 23.1 Å². The van der Waals surface area contributed by atoms with E-state index in [0.717, 1.165) is 16.8 Å². The Bertz CT molecular complexity index is 837. The van der Waals surface area contributed by atoms with Crippen LogP contribution >= 0.6 is 11.6 Å². The lowest BCUT2D eigenvalue weighted by molar-refractivity contribution is 0.0949. The summed E-state index contributed by atoms with van der Waals surface area (Å²) in [5.41, 5.74) is 5.65. The van der Waals surface area contributed by atoms with E-state index < -0.39 is 5.91 Å². The van der Waals surface area contributed by atoms with Crippen LogP contribution < -0.4 is 16.6 Å². The molecule has 1 aromatic rings. The second-order valence-electron chi connectivity index (χ2n) is 5.18. The van der Waals surface area contributed by atoms with Gasteiger partial charge in [0.15, 0.2) is 16.7 Å². The van der Waals surface area contributed by atoms with Crippen molar-refractivity contribution < 1.29 is 4.79 Å². The van der Waals surface area contributed by atoms with E-state index in [0.29, 0.717) is 12.1 Å². The van der Waals surface area contributed by atoms with Crippen molar-refractivity contribution in [3.05, 3.63) is 59.0 Å². The molecule has 1 aromatic heterocycles. The monoisotopic (exact) mass is 341 g/mol. The first kappa shape index (κ1) is 16.2. The Hall–Kier alpha value is -2.70. The summed E-state index contributed by atoms with van der Waals surface area (Å²) in [5.74, 6) is 4.98. The van der Waals surface area contributed by atoms with Crippen LogP contribution in [0.2, 0.25) is 5.15 Å². The summed E-state index contributed by atoms with van der Waals surface area (Å²) in [6.07, 6.45) is 0.563. The zero-order valence-electron chi connectivity index (χ0n) is 13.0. The predicted octanol–water partition coefficient (Wildman–Crippen LogP) is 3.14. The van der Waals surface area contributed by atoms with E-state index in [2.05, 4.69) is 20.7 Å². The van der Waals surface area contributed by atoms with Crippen molar-refractivity contribution in [3.8, 4) is 11.1 Å². The fraction of sp³-hybridized carbons (Fsp3) is 0.118. The minimum atomic E-state index is -0.529. The second kappa shape index (κ2) is 6.82. The molecule has 0 bridgehead atoms. The number of hydrogen-bond acceptors (Lipinski definition) is 5. The maximum atomic E-state index is 12.0. The Morgan fingerprint density at radius 3 is 2.42 bits per heavy atom. The number of nitrogens with one attached hydrogen (secondary N) is 2. The van der Waals surface area contributed by atoms with Gasteiger partial charge in [0.05, 0.1) is 5.69 Å². The first-order valence-corrected chi connectivity index (χ1v) is 7.83. The van der Waals surface area contributed by atoms with E-state index in [9.17, 15) is 4.79 Å². The fourth-order valence-electron chi connectivity index (χ4n) is 2.41. The largest absolute Gasteiger partial charge is 0.338 e. The van der Waals surface area contributed by atoms with Crippen LogP contribution in [0.15, 0.2) is 42.5 Å². The molecule has 3 rings (SSSR count). The van der Waals surface area contributed by atoms with Crippen molar-refractivity contribution in [2.45, 2.75) is 13.3 Å². The molecule has 0 aliphatic heterocycles. The highest BCUT2D eigenvalue weighted by molar-refractivity contribution is 6.30. The number of hydrazine groups is 1. The Balaban J connectivity index is 2.03. The standard InChI is InChI=1S/C17H16ClN5O/c1-2-13-15(18)22-16(14(21-13)17(24)23-19)20-12-8-10-6-4-3-5-7-11(10)9-12/h3-9H,2,19H2,1H3,(H,20,22)(H,23,24). The van der Waals surface area contributed by atoms with Crippen LogP contribution in [0.3, 0.4) is 0 Å². The number of hydrogen-bond donors (Lipinski definition) is 3. The van der Waals surface area contributed by atoms with Crippen molar-refractivity contribution in [2.24, 2.45) is 5.84 Å². The zero-order chi connectivity index (χ0) is 17.1. The number of carbonyl (C=O) groups excluding carboxylic acids is 1. The van der Waals surface area contributed by atoms with Gasteiger partial charge in [-0.05, 0) is 29.7 Å². The summed E-state index contributed by atoms with van der Waals surface area (Å²) < 4.78 is 0. The Labute approximate surface area is 144 Å². The van der Waals surface area contributed by atoms with Crippen molar-refractivity contribution in [1.82, 2.24) is 15.4 Å².